The summed E-state index contributed by atoms with van der Waals surface area (Å²) in [6, 6.07) is 13.8. The first kappa shape index (κ1) is 23.8. The molecule has 2 heterocycles. The third-order valence-electron chi connectivity index (χ3n) is 6.11. The highest BCUT2D eigenvalue weighted by Crippen LogP contribution is 2.32. The van der Waals surface area contributed by atoms with E-state index >= 15 is 0 Å². The number of hydrogen-bond donors (Lipinski definition) is 1. The summed E-state index contributed by atoms with van der Waals surface area (Å²) in [5, 5.41) is 3.12. The molecule has 0 spiro atoms. The minimum absolute atomic E-state index is 0.0385. The molecule has 1 aliphatic heterocycles. The van der Waals surface area contributed by atoms with Gasteiger partial charge in [0.25, 0.3) is 11.5 Å². The number of benzene rings is 2. The second kappa shape index (κ2) is 10.3. The van der Waals surface area contributed by atoms with E-state index in [0.717, 1.165) is 24.2 Å². The van der Waals surface area contributed by atoms with Crippen LogP contribution in [0.3, 0.4) is 0 Å². The summed E-state index contributed by atoms with van der Waals surface area (Å²) in [7, 11) is 1.58. The molecule has 0 aliphatic carbocycles. The lowest BCUT2D eigenvalue weighted by Gasteiger charge is -2.33. The number of likely N-dealkylation sites (tertiary alicyclic amines) is 1. The molecule has 0 saturated carbocycles. The SMILES string of the molecule is CCOc1ccc(Nc2c(C(=O)N3CCC(c4ccc(F)cc4)CC3)cn(C)c(=O)c2Cl)cc1. The highest BCUT2D eigenvalue weighted by atomic mass is 35.5. The molecule has 1 fully saturated rings. The minimum Gasteiger partial charge on any atom is -0.494 e. The zero-order valence-corrected chi connectivity index (χ0v) is 19.9. The molecule has 4 rings (SSSR count). The fourth-order valence-corrected chi connectivity index (χ4v) is 4.53. The quantitative estimate of drug-likeness (QED) is 0.514. The molecule has 1 N–H and O–H groups in total. The maximum atomic E-state index is 13.5. The maximum Gasteiger partial charge on any atom is 0.271 e. The van der Waals surface area contributed by atoms with Crippen molar-refractivity contribution in [2.24, 2.45) is 7.05 Å². The van der Waals surface area contributed by atoms with Crippen LogP contribution in [0.1, 0.15) is 41.6 Å². The van der Waals surface area contributed by atoms with Crippen LogP contribution in [0.4, 0.5) is 15.8 Å². The van der Waals surface area contributed by atoms with Crippen LogP contribution < -0.4 is 15.6 Å². The highest BCUT2D eigenvalue weighted by Gasteiger charge is 2.28. The standard InChI is InChI=1S/C26H27ClFN3O3/c1-3-34-21-10-8-20(9-11-21)29-24-22(16-30(2)26(33)23(24)27)25(32)31-14-12-18(13-15-31)17-4-6-19(28)7-5-17/h4-11,16,18,29H,3,12-15H2,1-2H3. The molecular weight excluding hydrogens is 457 g/mol. The molecule has 0 unspecified atom stereocenters. The van der Waals surface area contributed by atoms with E-state index in [1.807, 2.05) is 31.2 Å². The van der Waals surface area contributed by atoms with E-state index < -0.39 is 0 Å². The molecule has 0 radical (unpaired) electrons. The van der Waals surface area contributed by atoms with Gasteiger partial charge in [-0.05, 0) is 67.6 Å². The molecule has 2 aromatic carbocycles. The summed E-state index contributed by atoms with van der Waals surface area (Å²) in [5.74, 6) is 0.553. The van der Waals surface area contributed by atoms with Crippen LogP contribution in [0.15, 0.2) is 59.5 Å². The highest BCUT2D eigenvalue weighted by molar-refractivity contribution is 6.34. The number of ether oxygens (including phenoxy) is 1. The van der Waals surface area contributed by atoms with Crippen molar-refractivity contribution < 1.29 is 13.9 Å². The van der Waals surface area contributed by atoms with Crippen molar-refractivity contribution in [2.45, 2.75) is 25.7 Å². The number of halogens is 2. The lowest BCUT2D eigenvalue weighted by molar-refractivity contribution is 0.0713. The Balaban J connectivity index is 1.55. The van der Waals surface area contributed by atoms with Crippen LogP contribution in [0.5, 0.6) is 5.75 Å². The predicted molar refractivity (Wildman–Crippen MR) is 132 cm³/mol. The number of amides is 1. The van der Waals surface area contributed by atoms with Gasteiger partial charge in [-0.2, -0.15) is 0 Å². The van der Waals surface area contributed by atoms with Gasteiger partial charge in [-0.25, -0.2) is 4.39 Å². The number of hydrogen-bond acceptors (Lipinski definition) is 4. The molecule has 34 heavy (non-hydrogen) atoms. The number of anilines is 2. The predicted octanol–water partition coefficient (Wildman–Crippen LogP) is 5.34. The number of pyridine rings is 1. The molecular formula is C26H27ClFN3O3. The van der Waals surface area contributed by atoms with Crippen molar-refractivity contribution >= 4 is 28.9 Å². The smallest absolute Gasteiger partial charge is 0.271 e. The van der Waals surface area contributed by atoms with Crippen molar-refractivity contribution in [3.8, 4) is 5.75 Å². The third-order valence-corrected chi connectivity index (χ3v) is 6.46. The van der Waals surface area contributed by atoms with Crippen molar-refractivity contribution in [1.82, 2.24) is 9.47 Å². The van der Waals surface area contributed by atoms with Gasteiger partial charge in [-0.15, -0.1) is 0 Å². The monoisotopic (exact) mass is 483 g/mol. The van der Waals surface area contributed by atoms with Gasteiger partial charge >= 0.3 is 0 Å². The number of aryl methyl sites for hydroxylation is 1. The average Bonchev–Trinajstić information content (AvgIpc) is 2.85. The fraction of sp³-hybridized carbons (Fsp3) is 0.308. The van der Waals surface area contributed by atoms with Crippen molar-refractivity contribution in [3.05, 3.63) is 87.0 Å². The summed E-state index contributed by atoms with van der Waals surface area (Å²) >= 11 is 6.41. The van der Waals surface area contributed by atoms with Crippen LogP contribution in [0, 0.1) is 5.82 Å². The Morgan fingerprint density at radius 2 is 1.76 bits per heavy atom. The first-order chi connectivity index (χ1) is 16.4. The Morgan fingerprint density at radius 1 is 1.12 bits per heavy atom. The number of carbonyl (C=O) groups excluding carboxylic acids is 1. The molecule has 1 saturated heterocycles. The Morgan fingerprint density at radius 3 is 2.38 bits per heavy atom. The Hall–Kier alpha value is -3.32. The van der Waals surface area contributed by atoms with Gasteiger partial charge in [-0.1, -0.05) is 23.7 Å². The largest absolute Gasteiger partial charge is 0.494 e. The van der Waals surface area contributed by atoms with E-state index in [2.05, 4.69) is 5.32 Å². The first-order valence-corrected chi connectivity index (χ1v) is 11.7. The van der Waals surface area contributed by atoms with E-state index in [1.165, 1.54) is 22.9 Å². The zero-order chi connectivity index (χ0) is 24.2. The van der Waals surface area contributed by atoms with Crippen LogP contribution in [-0.4, -0.2) is 35.1 Å². The topological polar surface area (TPSA) is 63.6 Å². The molecule has 1 aliphatic rings. The lowest BCUT2D eigenvalue weighted by Crippen LogP contribution is -2.39. The van der Waals surface area contributed by atoms with Crippen molar-refractivity contribution in [1.29, 1.82) is 0 Å². The van der Waals surface area contributed by atoms with E-state index in [-0.39, 0.29) is 28.2 Å². The number of piperidine rings is 1. The normalized spacial score (nSPS) is 14.2. The summed E-state index contributed by atoms with van der Waals surface area (Å²) in [6.45, 7) is 3.59. The first-order valence-electron chi connectivity index (χ1n) is 11.3. The van der Waals surface area contributed by atoms with Crippen LogP contribution in [-0.2, 0) is 7.05 Å². The fourth-order valence-electron chi connectivity index (χ4n) is 4.25. The maximum absolute atomic E-state index is 13.5. The van der Waals surface area contributed by atoms with Crippen molar-refractivity contribution in [3.63, 3.8) is 0 Å². The summed E-state index contributed by atoms with van der Waals surface area (Å²) in [4.78, 5) is 27.8. The summed E-state index contributed by atoms with van der Waals surface area (Å²) < 4.78 is 20.0. The van der Waals surface area contributed by atoms with E-state index in [1.54, 1.807) is 24.1 Å². The summed E-state index contributed by atoms with van der Waals surface area (Å²) in [6.07, 6.45) is 3.08. The molecule has 6 nitrogen and oxygen atoms in total. The van der Waals surface area contributed by atoms with Gasteiger partial charge in [0.15, 0.2) is 0 Å². The van der Waals surface area contributed by atoms with E-state index in [4.69, 9.17) is 16.3 Å². The summed E-state index contributed by atoms with van der Waals surface area (Å²) in [5.41, 5.74) is 2.00. The second-order valence-electron chi connectivity index (χ2n) is 8.35. The van der Waals surface area contributed by atoms with E-state index in [0.29, 0.717) is 36.6 Å². The van der Waals surface area contributed by atoms with Crippen LogP contribution in [0.25, 0.3) is 0 Å². The molecule has 0 atom stereocenters. The number of rotatable bonds is 6. The van der Waals surface area contributed by atoms with E-state index in [9.17, 15) is 14.0 Å². The molecule has 178 valence electrons. The van der Waals surface area contributed by atoms with Gasteiger partial charge in [0, 0.05) is 32.0 Å². The number of nitrogens with one attached hydrogen (secondary N) is 1. The van der Waals surface area contributed by atoms with Crippen LogP contribution >= 0.6 is 11.6 Å². The molecule has 1 aromatic heterocycles. The van der Waals surface area contributed by atoms with Crippen molar-refractivity contribution in [2.75, 3.05) is 25.0 Å². The van der Waals surface area contributed by atoms with Crippen LogP contribution in [0.2, 0.25) is 5.02 Å². The molecule has 8 heteroatoms. The minimum atomic E-state index is -0.387. The van der Waals surface area contributed by atoms with Gasteiger partial charge in [0.1, 0.15) is 16.6 Å². The Labute approximate surface area is 202 Å². The number of aromatic nitrogens is 1. The van der Waals surface area contributed by atoms with Gasteiger partial charge in [-0.3, -0.25) is 9.59 Å². The lowest BCUT2D eigenvalue weighted by atomic mass is 9.89. The average molecular weight is 484 g/mol. The molecule has 0 bridgehead atoms. The van der Waals surface area contributed by atoms with Gasteiger partial charge in [0.2, 0.25) is 0 Å². The number of nitrogens with zero attached hydrogens (tertiary/aromatic N) is 2. The Kier molecular flexibility index (Phi) is 7.22. The van der Waals surface area contributed by atoms with Gasteiger partial charge < -0.3 is 19.5 Å². The third kappa shape index (κ3) is 5.09. The zero-order valence-electron chi connectivity index (χ0n) is 19.2. The second-order valence-corrected chi connectivity index (χ2v) is 8.73. The molecule has 1 amide bonds. The Bertz CT molecular complexity index is 1220. The van der Waals surface area contributed by atoms with Gasteiger partial charge in [0.05, 0.1) is 17.9 Å². The number of carbonyl (C=O) groups is 1. The molecule has 3 aromatic rings.